The molecule has 0 spiro atoms. The Kier molecular flexibility index (Phi) is 3.83. The quantitative estimate of drug-likeness (QED) is 0.932. The third-order valence-corrected chi connectivity index (χ3v) is 4.04. The van der Waals surface area contributed by atoms with E-state index in [9.17, 15) is 0 Å². The van der Waals surface area contributed by atoms with E-state index in [0.29, 0.717) is 0 Å². The molecule has 4 nitrogen and oxygen atoms in total. The first kappa shape index (κ1) is 13.3. The Morgan fingerprint density at radius 1 is 1.35 bits per heavy atom. The van der Waals surface area contributed by atoms with Crippen LogP contribution in [0.4, 0.5) is 0 Å². The number of nitrogens with zero attached hydrogens (tertiary/aromatic N) is 3. The number of likely N-dealkylation sites (tertiary alicyclic amines) is 1. The normalized spacial score (nSPS) is 20.2. The lowest BCUT2D eigenvalue weighted by Crippen LogP contribution is -2.32. The number of piperidine rings is 1. The van der Waals surface area contributed by atoms with Crippen molar-refractivity contribution in [1.82, 2.24) is 20.1 Å². The van der Waals surface area contributed by atoms with E-state index in [1.807, 2.05) is 19.2 Å². The highest BCUT2D eigenvalue weighted by molar-refractivity contribution is 5.54. The third kappa shape index (κ3) is 3.07. The summed E-state index contributed by atoms with van der Waals surface area (Å²) in [6.45, 7) is 4.46. The van der Waals surface area contributed by atoms with Crippen molar-refractivity contribution in [3.05, 3.63) is 35.7 Å². The summed E-state index contributed by atoms with van der Waals surface area (Å²) < 4.78 is 0. The minimum atomic E-state index is 0.772. The molecule has 1 N–H and O–H groups in total. The van der Waals surface area contributed by atoms with Crippen LogP contribution < -0.4 is 0 Å². The Labute approximate surface area is 120 Å². The van der Waals surface area contributed by atoms with Crippen molar-refractivity contribution in [2.24, 2.45) is 5.92 Å². The zero-order valence-corrected chi connectivity index (χ0v) is 12.3. The number of H-pyrrole nitrogens is 1. The number of hydrogen-bond acceptors (Lipinski definition) is 3. The van der Waals surface area contributed by atoms with Gasteiger partial charge in [-0.15, -0.1) is 0 Å². The molecule has 4 heteroatoms. The molecule has 0 unspecified atom stereocenters. The zero-order valence-electron chi connectivity index (χ0n) is 12.3. The third-order valence-electron chi connectivity index (χ3n) is 4.04. The molecule has 0 aliphatic carbocycles. The second-order valence-corrected chi connectivity index (χ2v) is 5.96. The molecular weight excluding hydrogens is 248 g/mol. The average molecular weight is 270 g/mol. The number of aryl methyl sites for hydroxylation is 1. The van der Waals surface area contributed by atoms with Crippen LogP contribution in [0.1, 0.15) is 24.1 Å². The Morgan fingerprint density at radius 3 is 2.90 bits per heavy atom. The van der Waals surface area contributed by atoms with Crippen molar-refractivity contribution < 1.29 is 0 Å². The molecule has 20 heavy (non-hydrogen) atoms. The summed E-state index contributed by atoms with van der Waals surface area (Å²) in [5.74, 6) is 0.772. The zero-order chi connectivity index (χ0) is 13.9. The molecule has 1 aliphatic rings. The molecule has 1 aliphatic heterocycles. The lowest BCUT2D eigenvalue weighted by molar-refractivity contribution is 0.209. The Morgan fingerprint density at radius 2 is 2.25 bits per heavy atom. The molecule has 0 aromatic carbocycles. The maximum absolute atomic E-state index is 4.55. The molecule has 0 saturated carbocycles. The predicted molar refractivity (Wildman–Crippen MR) is 80.5 cm³/mol. The lowest BCUT2D eigenvalue weighted by atomic mass is 9.92. The molecule has 106 valence electrons. The van der Waals surface area contributed by atoms with Crippen molar-refractivity contribution in [2.75, 3.05) is 20.1 Å². The van der Waals surface area contributed by atoms with E-state index in [4.69, 9.17) is 0 Å². The standard InChI is InChI=1S/C16H22N4/c1-12-8-16(19-18-12)15-6-5-13(10-17-15)9-14-4-3-7-20(2)11-14/h5-6,8,10,14H,3-4,7,9,11H2,1-2H3,(H,18,19)/t14-/m1/s1. The molecule has 0 bridgehead atoms. The van der Waals surface area contributed by atoms with Gasteiger partial charge in [-0.25, -0.2) is 0 Å². The molecule has 2 aromatic heterocycles. The van der Waals surface area contributed by atoms with Gasteiger partial charge in [-0.2, -0.15) is 5.10 Å². The van der Waals surface area contributed by atoms with E-state index in [1.54, 1.807) is 0 Å². The molecule has 1 saturated heterocycles. The maximum Gasteiger partial charge on any atom is 0.111 e. The van der Waals surface area contributed by atoms with Crippen molar-refractivity contribution in [2.45, 2.75) is 26.2 Å². The molecule has 0 amide bonds. The number of aromatic nitrogens is 3. The van der Waals surface area contributed by atoms with Gasteiger partial charge in [0, 0.05) is 18.4 Å². The fourth-order valence-electron chi connectivity index (χ4n) is 3.02. The monoisotopic (exact) mass is 270 g/mol. The second-order valence-electron chi connectivity index (χ2n) is 5.96. The van der Waals surface area contributed by atoms with Crippen LogP contribution in [0.2, 0.25) is 0 Å². The molecule has 3 rings (SSSR count). The molecule has 3 heterocycles. The smallest absolute Gasteiger partial charge is 0.111 e. The molecular formula is C16H22N4. The van der Waals surface area contributed by atoms with E-state index >= 15 is 0 Å². The van der Waals surface area contributed by atoms with Crippen LogP contribution in [-0.2, 0) is 6.42 Å². The molecule has 1 atom stereocenters. The first-order valence-electron chi connectivity index (χ1n) is 7.36. The van der Waals surface area contributed by atoms with Crippen LogP contribution in [0.5, 0.6) is 0 Å². The van der Waals surface area contributed by atoms with E-state index in [2.05, 4.69) is 39.3 Å². The summed E-state index contributed by atoms with van der Waals surface area (Å²) in [6.07, 6.45) is 5.80. The number of aromatic amines is 1. The van der Waals surface area contributed by atoms with Gasteiger partial charge >= 0.3 is 0 Å². The first-order chi connectivity index (χ1) is 9.70. The summed E-state index contributed by atoms with van der Waals surface area (Å²) >= 11 is 0. The molecule has 0 radical (unpaired) electrons. The van der Waals surface area contributed by atoms with Crippen molar-refractivity contribution >= 4 is 0 Å². The highest BCUT2D eigenvalue weighted by Gasteiger charge is 2.17. The van der Waals surface area contributed by atoms with Crippen LogP contribution in [0.25, 0.3) is 11.4 Å². The van der Waals surface area contributed by atoms with Gasteiger partial charge < -0.3 is 4.90 Å². The molecule has 1 fully saturated rings. The number of rotatable bonds is 3. The second kappa shape index (κ2) is 5.75. The fraction of sp³-hybridized carbons (Fsp3) is 0.500. The van der Waals surface area contributed by atoms with E-state index < -0.39 is 0 Å². The average Bonchev–Trinajstić information content (AvgIpc) is 2.86. The van der Waals surface area contributed by atoms with Gasteiger partial charge in [0.15, 0.2) is 0 Å². The highest BCUT2D eigenvalue weighted by Crippen LogP contribution is 2.21. The predicted octanol–water partition coefficient (Wildman–Crippen LogP) is 2.66. The number of pyridine rings is 1. The minimum Gasteiger partial charge on any atom is -0.306 e. The van der Waals surface area contributed by atoms with Crippen LogP contribution in [0, 0.1) is 12.8 Å². The number of hydrogen-bond donors (Lipinski definition) is 1. The van der Waals surface area contributed by atoms with Crippen LogP contribution >= 0.6 is 0 Å². The van der Waals surface area contributed by atoms with Gasteiger partial charge in [0.05, 0.1) is 5.69 Å². The highest BCUT2D eigenvalue weighted by atomic mass is 15.1. The van der Waals surface area contributed by atoms with Crippen LogP contribution in [0.15, 0.2) is 24.4 Å². The molecule has 2 aromatic rings. The van der Waals surface area contributed by atoms with E-state index in [-0.39, 0.29) is 0 Å². The topological polar surface area (TPSA) is 44.8 Å². The lowest BCUT2D eigenvalue weighted by Gasteiger charge is -2.29. The van der Waals surface area contributed by atoms with Crippen LogP contribution in [0.3, 0.4) is 0 Å². The Bertz CT molecular complexity index is 558. The number of nitrogens with one attached hydrogen (secondary N) is 1. The fourth-order valence-corrected chi connectivity index (χ4v) is 3.02. The summed E-state index contributed by atoms with van der Waals surface area (Å²) in [6, 6.07) is 6.30. The van der Waals surface area contributed by atoms with Gasteiger partial charge in [-0.05, 0) is 63.4 Å². The first-order valence-corrected chi connectivity index (χ1v) is 7.36. The van der Waals surface area contributed by atoms with Gasteiger partial charge in [-0.1, -0.05) is 6.07 Å². The summed E-state index contributed by atoms with van der Waals surface area (Å²) in [7, 11) is 2.22. The maximum atomic E-state index is 4.55. The Balaban J connectivity index is 1.67. The minimum absolute atomic E-state index is 0.772. The van der Waals surface area contributed by atoms with E-state index in [0.717, 1.165) is 29.4 Å². The van der Waals surface area contributed by atoms with Crippen molar-refractivity contribution in [3.8, 4) is 11.4 Å². The van der Waals surface area contributed by atoms with Gasteiger partial charge in [0.25, 0.3) is 0 Å². The van der Waals surface area contributed by atoms with E-state index in [1.165, 1.54) is 31.5 Å². The SMILES string of the molecule is Cc1cc(-c2ccc(C[C@H]3CCCN(C)C3)cn2)n[nH]1. The van der Waals surface area contributed by atoms with Crippen molar-refractivity contribution in [3.63, 3.8) is 0 Å². The largest absolute Gasteiger partial charge is 0.306 e. The van der Waals surface area contributed by atoms with Gasteiger partial charge in [-0.3, -0.25) is 10.1 Å². The van der Waals surface area contributed by atoms with Gasteiger partial charge in [0.1, 0.15) is 5.69 Å². The van der Waals surface area contributed by atoms with Gasteiger partial charge in [0.2, 0.25) is 0 Å². The summed E-state index contributed by atoms with van der Waals surface area (Å²) in [4.78, 5) is 6.98. The van der Waals surface area contributed by atoms with Crippen molar-refractivity contribution in [1.29, 1.82) is 0 Å². The summed E-state index contributed by atoms with van der Waals surface area (Å²) in [5.41, 5.74) is 4.27. The van der Waals surface area contributed by atoms with Crippen LogP contribution in [-0.4, -0.2) is 40.2 Å². The summed E-state index contributed by atoms with van der Waals surface area (Å²) in [5, 5.41) is 7.20. The Hall–Kier alpha value is -1.68.